The van der Waals surface area contributed by atoms with Gasteiger partial charge >= 0.3 is 17.3 Å². The molecule has 1 heterocycles. The molecule has 1 fully saturated rings. The summed E-state index contributed by atoms with van der Waals surface area (Å²) in [6.45, 7) is 5.72. The summed E-state index contributed by atoms with van der Waals surface area (Å²) < 4.78 is 16.6. The lowest BCUT2D eigenvalue weighted by molar-refractivity contribution is -0.384. The van der Waals surface area contributed by atoms with Crippen molar-refractivity contribution in [1.29, 1.82) is 0 Å². The molecule has 2 rings (SSSR count). The van der Waals surface area contributed by atoms with E-state index >= 15 is 0 Å². The smallest absolute Gasteiger partial charge is 0.335 e. The number of rotatable bonds is 5. The van der Waals surface area contributed by atoms with E-state index in [2.05, 4.69) is 15.6 Å². The first-order chi connectivity index (χ1) is 12.3. The first-order valence-electron chi connectivity index (χ1n) is 8.38. The van der Waals surface area contributed by atoms with E-state index in [4.69, 9.17) is 8.42 Å². The number of anilines is 1. The Morgan fingerprint density at radius 1 is 1.31 bits per heavy atom. The number of amides is 1. The number of pyridine rings is 1. The maximum absolute atomic E-state index is 12.0. The Balaban J connectivity index is 0.00000105. The fourth-order valence-corrected chi connectivity index (χ4v) is 2.94. The van der Waals surface area contributed by atoms with Crippen LogP contribution in [0.15, 0.2) is 12.3 Å². The quantitative estimate of drug-likeness (QED) is 0.587. The summed E-state index contributed by atoms with van der Waals surface area (Å²) in [5.74, 6) is 0.161. The number of nitro groups is 1. The van der Waals surface area contributed by atoms with Gasteiger partial charge in [-0.25, -0.2) is 0 Å². The predicted molar refractivity (Wildman–Crippen MR) is 97.2 cm³/mol. The summed E-state index contributed by atoms with van der Waals surface area (Å²) >= 11 is -0.750. The topological polar surface area (TPSA) is 131 Å². The molecule has 1 amide bonds. The van der Waals surface area contributed by atoms with E-state index in [1.807, 2.05) is 20.8 Å². The van der Waals surface area contributed by atoms with Gasteiger partial charge in [-0.1, -0.05) is 0 Å². The van der Waals surface area contributed by atoms with Gasteiger partial charge in [-0.2, -0.15) is 8.42 Å². The summed E-state index contributed by atoms with van der Waals surface area (Å²) in [6, 6.07) is 2.01. The maximum Gasteiger partial charge on any atom is 0.335 e. The van der Waals surface area contributed by atoms with E-state index < -0.39 is 16.5 Å². The van der Waals surface area contributed by atoms with Gasteiger partial charge in [0.15, 0.2) is 0 Å². The molecule has 0 radical (unpaired) electrons. The molecule has 0 aliphatic heterocycles. The zero-order chi connectivity index (χ0) is 19.7. The monoisotopic (exact) mass is 384 g/mol. The van der Waals surface area contributed by atoms with Crippen LogP contribution in [0.4, 0.5) is 11.4 Å². The van der Waals surface area contributed by atoms with Gasteiger partial charge in [-0.05, 0) is 52.5 Å². The van der Waals surface area contributed by atoms with Crippen molar-refractivity contribution < 1.29 is 18.1 Å². The summed E-state index contributed by atoms with van der Waals surface area (Å²) in [5.41, 5.74) is 1.25. The van der Waals surface area contributed by atoms with Crippen LogP contribution >= 0.6 is 0 Å². The Kier molecular flexibility index (Phi) is 8.83. The Hall–Kier alpha value is -2.36. The van der Waals surface area contributed by atoms with Gasteiger partial charge in [0.25, 0.3) is 0 Å². The van der Waals surface area contributed by atoms with Crippen molar-refractivity contribution in [3.8, 4) is 0 Å². The SMILES string of the molecule is Cc1cc(NC2CCC(C(=O)NC(C)C)CC2)c([N+](=O)[O-])cn1.O=S=O. The second-order valence-electron chi connectivity index (χ2n) is 6.52. The third kappa shape index (κ3) is 6.87. The number of nitrogens with one attached hydrogen (secondary N) is 2. The maximum atomic E-state index is 12.0. The fourth-order valence-electron chi connectivity index (χ4n) is 2.94. The third-order valence-electron chi connectivity index (χ3n) is 4.10. The summed E-state index contributed by atoms with van der Waals surface area (Å²) in [7, 11) is 0. The highest BCUT2D eigenvalue weighted by Crippen LogP contribution is 2.30. The van der Waals surface area contributed by atoms with Gasteiger partial charge in [-0.15, -0.1) is 0 Å². The molecule has 2 N–H and O–H groups in total. The molecule has 0 bridgehead atoms. The lowest BCUT2D eigenvalue weighted by atomic mass is 9.85. The number of hydrogen-bond donors (Lipinski definition) is 2. The molecule has 1 saturated carbocycles. The normalized spacial score (nSPS) is 19.1. The Bertz CT molecular complexity index is 669. The molecule has 26 heavy (non-hydrogen) atoms. The van der Waals surface area contributed by atoms with Crippen molar-refractivity contribution in [1.82, 2.24) is 10.3 Å². The molecule has 10 heteroatoms. The van der Waals surface area contributed by atoms with Crippen molar-refractivity contribution in [2.75, 3.05) is 5.32 Å². The highest BCUT2D eigenvalue weighted by Gasteiger charge is 2.27. The van der Waals surface area contributed by atoms with Crippen molar-refractivity contribution in [3.05, 3.63) is 28.1 Å². The van der Waals surface area contributed by atoms with Crippen molar-refractivity contribution in [2.24, 2.45) is 5.92 Å². The van der Waals surface area contributed by atoms with Crippen LogP contribution in [0.25, 0.3) is 0 Å². The average molecular weight is 384 g/mol. The number of carbonyl (C=O) groups is 1. The molecular weight excluding hydrogens is 360 g/mol. The molecule has 1 aliphatic rings. The van der Waals surface area contributed by atoms with E-state index in [9.17, 15) is 14.9 Å². The van der Waals surface area contributed by atoms with Gasteiger partial charge in [0.1, 0.15) is 11.9 Å². The molecule has 9 nitrogen and oxygen atoms in total. The first-order valence-corrected chi connectivity index (χ1v) is 9.04. The standard InChI is InChI=1S/C16H24N4O3.O2S/c1-10(2)18-16(21)12-4-6-13(7-5-12)19-14-8-11(3)17-9-15(14)20(22)23;1-3-2/h8-10,12-13H,4-7H2,1-3H3,(H,17,19)(H,18,21);. The van der Waals surface area contributed by atoms with E-state index in [1.54, 1.807) is 6.07 Å². The molecule has 0 spiro atoms. The van der Waals surface area contributed by atoms with Gasteiger partial charge in [-0.3, -0.25) is 19.9 Å². The highest BCUT2D eigenvalue weighted by molar-refractivity contribution is 7.51. The number of nitrogens with zero attached hydrogens (tertiary/aromatic N) is 2. The van der Waals surface area contributed by atoms with Crippen LogP contribution in [0.5, 0.6) is 0 Å². The Labute approximate surface area is 155 Å². The summed E-state index contributed by atoms with van der Waals surface area (Å²) in [6.07, 6.45) is 4.55. The van der Waals surface area contributed by atoms with Gasteiger partial charge in [0, 0.05) is 23.7 Å². The molecule has 1 aromatic heterocycles. The number of hydrogen-bond acceptors (Lipinski definition) is 7. The van der Waals surface area contributed by atoms with Crippen molar-refractivity contribution in [2.45, 2.75) is 58.5 Å². The molecule has 0 atom stereocenters. The van der Waals surface area contributed by atoms with Gasteiger partial charge < -0.3 is 10.6 Å². The van der Waals surface area contributed by atoms with E-state index in [-0.39, 0.29) is 29.6 Å². The number of aryl methyl sites for hydroxylation is 1. The lowest BCUT2D eigenvalue weighted by Gasteiger charge is -2.29. The molecule has 0 aromatic carbocycles. The highest BCUT2D eigenvalue weighted by atomic mass is 32.1. The number of aromatic nitrogens is 1. The van der Waals surface area contributed by atoms with Crippen LogP contribution in [0, 0.1) is 23.0 Å². The third-order valence-corrected chi connectivity index (χ3v) is 4.10. The Morgan fingerprint density at radius 3 is 2.38 bits per heavy atom. The molecule has 144 valence electrons. The first kappa shape index (κ1) is 21.7. The van der Waals surface area contributed by atoms with Crippen molar-refractivity contribution in [3.63, 3.8) is 0 Å². The minimum absolute atomic E-state index is 0.00438. The second kappa shape index (κ2) is 10.6. The largest absolute Gasteiger partial charge is 0.377 e. The van der Waals surface area contributed by atoms with Crippen LogP contribution in [0.3, 0.4) is 0 Å². The zero-order valence-corrected chi connectivity index (χ0v) is 15.9. The molecule has 1 aliphatic carbocycles. The predicted octanol–water partition coefficient (Wildman–Crippen LogP) is 2.12. The van der Waals surface area contributed by atoms with Crippen LogP contribution in [0.2, 0.25) is 0 Å². The minimum atomic E-state index is -0.750. The van der Waals surface area contributed by atoms with Gasteiger partial charge in [0.05, 0.1) is 4.92 Å². The molecule has 0 saturated heterocycles. The van der Waals surface area contributed by atoms with Crippen LogP contribution in [0.1, 0.15) is 45.2 Å². The summed E-state index contributed by atoms with van der Waals surface area (Å²) in [5, 5.41) is 17.3. The average Bonchev–Trinajstić information content (AvgIpc) is 2.55. The number of carbonyl (C=O) groups excluding carboxylic acids is 1. The van der Waals surface area contributed by atoms with Crippen LogP contribution < -0.4 is 10.6 Å². The molecule has 0 unspecified atom stereocenters. The van der Waals surface area contributed by atoms with E-state index in [0.29, 0.717) is 5.69 Å². The second-order valence-corrected chi connectivity index (χ2v) is 6.66. The van der Waals surface area contributed by atoms with E-state index in [1.165, 1.54) is 6.20 Å². The van der Waals surface area contributed by atoms with Crippen LogP contribution in [-0.4, -0.2) is 36.3 Å². The zero-order valence-electron chi connectivity index (χ0n) is 15.1. The summed E-state index contributed by atoms with van der Waals surface area (Å²) in [4.78, 5) is 26.7. The van der Waals surface area contributed by atoms with Crippen LogP contribution in [-0.2, 0) is 16.4 Å². The fraction of sp³-hybridized carbons (Fsp3) is 0.625. The molecular formula is C16H24N4O5S. The lowest BCUT2D eigenvalue weighted by Crippen LogP contribution is -2.38. The van der Waals surface area contributed by atoms with Crippen molar-refractivity contribution >= 4 is 28.9 Å². The Morgan fingerprint density at radius 2 is 1.88 bits per heavy atom. The minimum Gasteiger partial charge on any atom is -0.377 e. The molecule has 1 aromatic rings. The van der Waals surface area contributed by atoms with E-state index in [0.717, 1.165) is 31.4 Å². The van der Waals surface area contributed by atoms with Gasteiger partial charge in [0.2, 0.25) is 5.91 Å².